The van der Waals surface area contributed by atoms with Crippen LogP contribution < -0.4 is 4.90 Å². The number of aromatic nitrogens is 4. The zero-order valence-electron chi connectivity index (χ0n) is 56.6. The van der Waals surface area contributed by atoms with Gasteiger partial charge in [-0.05, 0) is 264 Å². The third-order valence-corrected chi connectivity index (χ3v) is 20.2. The van der Waals surface area contributed by atoms with Crippen molar-refractivity contribution in [3.8, 4) is 56.3 Å². The van der Waals surface area contributed by atoms with Gasteiger partial charge in [-0.15, -0.1) is 0 Å². The van der Waals surface area contributed by atoms with E-state index in [1.807, 2.05) is 12.1 Å². The van der Waals surface area contributed by atoms with Crippen LogP contribution in [0.25, 0.3) is 134 Å². The zero-order chi connectivity index (χ0) is 66.4. The summed E-state index contributed by atoms with van der Waals surface area (Å²) in [7, 11) is 0. The van der Waals surface area contributed by atoms with E-state index in [2.05, 4.69) is 282 Å². The molecule has 16 rings (SSSR count). The standard InChI is InChI=1S/C89H73N5O2/c1-46(2)67-44-58(45-68(47(3)4)87(67)94-88(95)65-28-26-63-61-18-14-16-59-17-15-19-62(80(59)61)64-27-29-66(89(94)96)83(65)82(63)64)21-20-57-22-24-60(25-23-57)81-69-30-32-71(90-69)84(77-51(8)38-48(5)39-52(77)9)73-34-36-75(92-73)86(79-55(12)42-50(7)43-56(79)13)76-37-35-74(93-76)85(72-33-31-70(81)91-72)78-53(10)40-49(6)41-54(78)11/h14-19,22-47,90,93H,1-13H3. The first-order valence-electron chi connectivity index (χ1n) is 33.5. The molecule has 3 aliphatic rings. The van der Waals surface area contributed by atoms with Crippen molar-refractivity contribution in [2.45, 2.75) is 102 Å². The van der Waals surface area contributed by atoms with Gasteiger partial charge in [0.1, 0.15) is 0 Å². The van der Waals surface area contributed by atoms with E-state index < -0.39 is 0 Å². The van der Waals surface area contributed by atoms with Crippen LogP contribution in [0.15, 0.2) is 158 Å². The highest BCUT2D eigenvalue weighted by molar-refractivity contribution is 6.42. The first kappa shape index (κ1) is 59.8. The number of hydrogen-bond acceptors (Lipinski definition) is 4. The van der Waals surface area contributed by atoms with Crippen molar-refractivity contribution in [3.05, 3.63) is 264 Å². The Morgan fingerprint density at radius 1 is 0.365 bits per heavy atom. The molecule has 7 heteroatoms. The summed E-state index contributed by atoms with van der Waals surface area (Å²) < 4.78 is 0. The molecule has 2 N–H and O–H groups in total. The van der Waals surface area contributed by atoms with Crippen LogP contribution in [-0.4, -0.2) is 31.8 Å². The number of rotatable bonds is 7. The van der Waals surface area contributed by atoms with Crippen LogP contribution in [0.4, 0.5) is 5.69 Å². The van der Waals surface area contributed by atoms with Crippen LogP contribution in [0.3, 0.4) is 0 Å². The highest BCUT2D eigenvalue weighted by Gasteiger charge is 2.38. The van der Waals surface area contributed by atoms with Gasteiger partial charge in [0.25, 0.3) is 11.8 Å². The van der Waals surface area contributed by atoms with Crippen LogP contribution in [0, 0.1) is 74.2 Å². The summed E-state index contributed by atoms with van der Waals surface area (Å²) in [6.07, 6.45) is 8.73. The van der Waals surface area contributed by atoms with E-state index in [0.717, 1.165) is 144 Å². The van der Waals surface area contributed by atoms with Gasteiger partial charge in [-0.1, -0.05) is 153 Å². The molecule has 3 aliphatic heterocycles. The Hall–Kier alpha value is -11.2. The Morgan fingerprint density at radius 2 is 0.729 bits per heavy atom. The Balaban J connectivity index is 0.852. The van der Waals surface area contributed by atoms with E-state index in [0.29, 0.717) is 16.8 Å². The van der Waals surface area contributed by atoms with E-state index in [1.54, 1.807) is 0 Å². The van der Waals surface area contributed by atoms with E-state index in [9.17, 15) is 0 Å². The number of H-pyrrole nitrogens is 2. The summed E-state index contributed by atoms with van der Waals surface area (Å²) in [6, 6.07) is 55.9. The van der Waals surface area contributed by atoms with E-state index in [4.69, 9.17) is 9.97 Å². The van der Waals surface area contributed by atoms with Gasteiger partial charge in [0, 0.05) is 72.0 Å². The van der Waals surface area contributed by atoms with Crippen LogP contribution in [0.2, 0.25) is 0 Å². The molecule has 0 unspecified atom stereocenters. The second-order valence-corrected chi connectivity index (χ2v) is 27.7. The minimum Gasteiger partial charge on any atom is -0.354 e. The topological polar surface area (TPSA) is 94.7 Å². The van der Waals surface area contributed by atoms with Crippen LogP contribution in [-0.2, 0) is 0 Å². The maximum atomic E-state index is 15.3. The maximum Gasteiger partial charge on any atom is 0.266 e. The molecule has 0 spiro atoms. The summed E-state index contributed by atoms with van der Waals surface area (Å²) >= 11 is 0. The number of imide groups is 1. The number of nitrogens with one attached hydrogen (secondary N) is 2. The monoisotopic (exact) mass is 1240 g/mol. The fraction of sp³-hybridized carbons (Fsp3) is 0.169. The predicted octanol–water partition coefficient (Wildman–Crippen LogP) is 22.6. The van der Waals surface area contributed by atoms with Gasteiger partial charge in [0.15, 0.2) is 0 Å². The molecule has 0 aliphatic carbocycles. The molecule has 0 saturated heterocycles. The number of aryl methyl sites for hydroxylation is 9. The third kappa shape index (κ3) is 9.48. The van der Waals surface area contributed by atoms with Crippen LogP contribution in [0.1, 0.15) is 155 Å². The zero-order valence-corrected chi connectivity index (χ0v) is 56.6. The molecule has 96 heavy (non-hydrogen) atoms. The minimum absolute atomic E-state index is 0.0440. The molecule has 0 fully saturated rings. The molecule has 0 atom stereocenters. The Labute approximate surface area is 560 Å². The molecule has 6 heterocycles. The summed E-state index contributed by atoms with van der Waals surface area (Å²) in [5, 5.41) is 8.36. The second kappa shape index (κ2) is 22.5. The van der Waals surface area contributed by atoms with Gasteiger partial charge in [-0.25, -0.2) is 14.9 Å². The first-order chi connectivity index (χ1) is 46.3. The Morgan fingerprint density at radius 3 is 1.12 bits per heavy atom. The average Bonchev–Trinajstić information content (AvgIpc) is 0.845. The molecular weight excluding hydrogens is 1170 g/mol. The lowest BCUT2D eigenvalue weighted by molar-refractivity contribution is 0.0892. The summed E-state index contributed by atoms with van der Waals surface area (Å²) in [5.74, 6) is 6.38. The molecule has 0 saturated carbocycles. The third-order valence-electron chi connectivity index (χ3n) is 20.2. The molecule has 3 aromatic heterocycles. The molecule has 8 bridgehead atoms. The van der Waals surface area contributed by atoms with Crippen molar-refractivity contribution >= 4 is 107 Å². The highest BCUT2D eigenvalue weighted by Crippen LogP contribution is 2.48. The number of hydrogen-bond donors (Lipinski definition) is 2. The van der Waals surface area contributed by atoms with Crippen molar-refractivity contribution in [2.24, 2.45) is 0 Å². The fourth-order valence-corrected chi connectivity index (χ4v) is 16.4. The molecule has 2 amide bonds. The van der Waals surface area contributed by atoms with E-state index in [1.165, 1.54) is 65.9 Å². The van der Waals surface area contributed by atoms with Gasteiger partial charge < -0.3 is 9.97 Å². The lowest BCUT2D eigenvalue weighted by Gasteiger charge is -2.33. The predicted molar refractivity (Wildman–Crippen MR) is 403 cm³/mol. The highest BCUT2D eigenvalue weighted by atomic mass is 16.2. The average molecular weight is 1240 g/mol. The van der Waals surface area contributed by atoms with Crippen LogP contribution >= 0.6 is 0 Å². The molecule has 0 radical (unpaired) electrons. The number of anilines is 1. The SMILES string of the molecule is Cc1cc(C)c(-c2c3nc(c(-c4c(C)cc(C)cc4C)c4ccc([nH]4)c(-c4c(C)cc(C)cc4C)c4nc(c(-c5ccc(C#Cc6cc(C(C)C)c(N7C(=O)c8ccc9c%10cccc%11cccc(c%12ccc(c8c9%12)C7=O)c%11%10)c(C(C)C)c6)cc5)c5ccc2[nH]5)C=C4)C=C3)c(C)c1. The van der Waals surface area contributed by atoms with E-state index >= 15 is 9.59 Å². The maximum absolute atomic E-state index is 15.3. The number of carbonyl (C=O) groups is 2. The van der Waals surface area contributed by atoms with Gasteiger partial charge in [0.05, 0.1) is 28.5 Å². The number of nitrogens with zero attached hydrogens (tertiary/aromatic N) is 3. The summed E-state index contributed by atoms with van der Waals surface area (Å²) in [6.45, 7) is 28.2. The number of carbonyl (C=O) groups excluding carboxylic acids is 2. The molecule has 10 aromatic carbocycles. The fourth-order valence-electron chi connectivity index (χ4n) is 16.4. The van der Waals surface area contributed by atoms with Crippen molar-refractivity contribution in [1.29, 1.82) is 0 Å². The van der Waals surface area contributed by atoms with Crippen molar-refractivity contribution in [1.82, 2.24) is 19.9 Å². The molecule has 466 valence electrons. The first-order valence-corrected chi connectivity index (χ1v) is 33.5. The second-order valence-electron chi connectivity index (χ2n) is 27.7. The Bertz CT molecular complexity index is 5670. The van der Waals surface area contributed by atoms with Gasteiger partial charge in [-0.2, -0.15) is 0 Å². The van der Waals surface area contributed by atoms with Gasteiger partial charge in [0.2, 0.25) is 0 Å². The van der Waals surface area contributed by atoms with Gasteiger partial charge >= 0.3 is 0 Å². The normalized spacial score (nSPS) is 12.9. The Kier molecular flexibility index (Phi) is 14.0. The smallest absolute Gasteiger partial charge is 0.266 e. The number of amides is 2. The number of benzene rings is 10. The molecular formula is C89H73N5O2. The summed E-state index contributed by atoms with van der Waals surface area (Å²) in [4.78, 5) is 51.4. The largest absolute Gasteiger partial charge is 0.354 e. The van der Waals surface area contributed by atoms with Crippen molar-refractivity contribution in [2.75, 3.05) is 4.90 Å². The number of fused-ring (bicyclic) bond motifs is 10. The molecule has 7 nitrogen and oxygen atoms in total. The van der Waals surface area contributed by atoms with Gasteiger partial charge in [-0.3, -0.25) is 9.59 Å². The van der Waals surface area contributed by atoms with Crippen molar-refractivity contribution in [3.63, 3.8) is 0 Å². The minimum atomic E-state index is -0.311. The van der Waals surface area contributed by atoms with Crippen LogP contribution in [0.5, 0.6) is 0 Å². The summed E-state index contributed by atoms with van der Waals surface area (Å²) in [5.41, 5.74) is 31.6. The lowest BCUT2D eigenvalue weighted by Crippen LogP contribution is -2.41. The quantitative estimate of drug-likeness (QED) is 0.0719. The van der Waals surface area contributed by atoms with E-state index in [-0.39, 0.29) is 23.7 Å². The lowest BCUT2D eigenvalue weighted by atomic mass is 9.83. The van der Waals surface area contributed by atoms with Crippen molar-refractivity contribution < 1.29 is 9.59 Å². The molecule has 13 aromatic rings. The number of aromatic amines is 2.